The van der Waals surface area contributed by atoms with E-state index in [1.165, 1.54) is 38.8 Å². The van der Waals surface area contributed by atoms with E-state index in [-0.39, 0.29) is 0 Å². The summed E-state index contributed by atoms with van der Waals surface area (Å²) in [7, 11) is 0. The molecule has 70 valence electrons. The summed E-state index contributed by atoms with van der Waals surface area (Å²) in [6.07, 6.45) is 5.65. The van der Waals surface area contributed by atoms with Crippen molar-refractivity contribution in [1.82, 2.24) is 10.2 Å². The van der Waals surface area contributed by atoms with E-state index < -0.39 is 0 Å². The summed E-state index contributed by atoms with van der Waals surface area (Å²) in [4.78, 5) is 2.64. The van der Waals surface area contributed by atoms with E-state index in [0.29, 0.717) is 0 Å². The molecule has 0 bridgehead atoms. The minimum absolute atomic E-state index is 0.907. The van der Waals surface area contributed by atoms with E-state index in [0.717, 1.165) is 18.6 Å². The third-order valence-electron chi connectivity index (χ3n) is 3.45. The Morgan fingerprint density at radius 3 is 3.17 bits per heavy atom. The van der Waals surface area contributed by atoms with Gasteiger partial charge in [-0.15, -0.1) is 0 Å². The van der Waals surface area contributed by atoms with Crippen LogP contribution in [-0.4, -0.2) is 30.7 Å². The van der Waals surface area contributed by atoms with Gasteiger partial charge in [0.15, 0.2) is 0 Å². The Labute approximate surface area is 75.3 Å². The average molecular weight is 168 g/mol. The van der Waals surface area contributed by atoms with Gasteiger partial charge in [-0.05, 0) is 25.3 Å². The summed E-state index contributed by atoms with van der Waals surface area (Å²) >= 11 is 0. The monoisotopic (exact) mass is 168 g/mol. The topological polar surface area (TPSA) is 15.3 Å². The molecule has 2 saturated heterocycles. The van der Waals surface area contributed by atoms with E-state index in [1.54, 1.807) is 0 Å². The van der Waals surface area contributed by atoms with Gasteiger partial charge >= 0.3 is 0 Å². The zero-order valence-corrected chi connectivity index (χ0v) is 8.05. The number of rotatable bonds is 1. The molecule has 2 rings (SSSR count). The van der Waals surface area contributed by atoms with Gasteiger partial charge in [0.05, 0.1) is 0 Å². The van der Waals surface area contributed by atoms with Crippen LogP contribution in [0.3, 0.4) is 0 Å². The van der Waals surface area contributed by atoms with Crippen molar-refractivity contribution in [1.29, 1.82) is 0 Å². The highest BCUT2D eigenvalue weighted by atomic mass is 15.3. The quantitative estimate of drug-likeness (QED) is 0.637. The highest BCUT2D eigenvalue weighted by molar-refractivity contribution is 4.86. The third-order valence-corrected chi connectivity index (χ3v) is 3.45. The smallest absolute Gasteiger partial charge is 0.0483 e. The van der Waals surface area contributed by atoms with Gasteiger partial charge < -0.3 is 5.32 Å². The van der Waals surface area contributed by atoms with Crippen LogP contribution in [0.1, 0.15) is 32.6 Å². The molecule has 12 heavy (non-hydrogen) atoms. The normalized spacial score (nSPS) is 37.8. The lowest BCUT2D eigenvalue weighted by Crippen LogP contribution is -2.55. The molecule has 2 atom stereocenters. The van der Waals surface area contributed by atoms with E-state index in [1.807, 2.05) is 0 Å². The summed E-state index contributed by atoms with van der Waals surface area (Å²) in [6, 6.07) is 0.907. The van der Waals surface area contributed by atoms with E-state index >= 15 is 0 Å². The maximum absolute atomic E-state index is 3.51. The highest BCUT2D eigenvalue weighted by Gasteiger charge is 2.31. The van der Waals surface area contributed by atoms with E-state index in [2.05, 4.69) is 17.1 Å². The Morgan fingerprint density at radius 2 is 2.33 bits per heavy atom. The minimum Gasteiger partial charge on any atom is -0.304 e. The van der Waals surface area contributed by atoms with Gasteiger partial charge in [0.1, 0.15) is 0 Å². The maximum atomic E-state index is 3.51. The average Bonchev–Trinajstić information content (AvgIpc) is 2.17. The molecule has 0 aromatic rings. The van der Waals surface area contributed by atoms with Crippen LogP contribution < -0.4 is 5.32 Å². The van der Waals surface area contributed by atoms with Crippen molar-refractivity contribution in [2.24, 2.45) is 5.92 Å². The Balaban J connectivity index is 1.99. The fourth-order valence-electron chi connectivity index (χ4n) is 2.69. The molecule has 0 aromatic carbocycles. The molecule has 2 heteroatoms. The molecule has 0 aliphatic carbocycles. The Bertz CT molecular complexity index is 138. The molecular formula is C10H20N2. The summed E-state index contributed by atoms with van der Waals surface area (Å²) in [5.41, 5.74) is 0. The van der Waals surface area contributed by atoms with Crippen LogP contribution in [0, 0.1) is 5.92 Å². The molecule has 0 amide bonds. The maximum Gasteiger partial charge on any atom is 0.0483 e. The Kier molecular flexibility index (Phi) is 2.66. The van der Waals surface area contributed by atoms with Gasteiger partial charge in [0.25, 0.3) is 0 Å². The second-order valence-corrected chi connectivity index (χ2v) is 4.16. The lowest BCUT2D eigenvalue weighted by atomic mass is 9.87. The van der Waals surface area contributed by atoms with Crippen LogP contribution in [-0.2, 0) is 0 Å². The molecule has 2 unspecified atom stereocenters. The first-order valence-corrected chi connectivity index (χ1v) is 5.36. The Hall–Kier alpha value is -0.0800. The van der Waals surface area contributed by atoms with Crippen molar-refractivity contribution in [2.45, 2.75) is 38.6 Å². The largest absolute Gasteiger partial charge is 0.304 e. The molecule has 0 aromatic heterocycles. The van der Waals surface area contributed by atoms with Crippen LogP contribution >= 0.6 is 0 Å². The molecule has 0 radical (unpaired) electrons. The third kappa shape index (κ3) is 1.50. The van der Waals surface area contributed by atoms with Crippen LogP contribution in [0.25, 0.3) is 0 Å². The first-order chi connectivity index (χ1) is 5.92. The number of fused-ring (bicyclic) bond motifs is 1. The first-order valence-electron chi connectivity index (χ1n) is 5.36. The highest BCUT2D eigenvalue weighted by Crippen LogP contribution is 2.26. The number of hydrogen-bond acceptors (Lipinski definition) is 2. The first kappa shape index (κ1) is 8.52. The summed E-state index contributed by atoms with van der Waals surface area (Å²) in [5.74, 6) is 0.916. The molecule has 0 saturated carbocycles. The predicted molar refractivity (Wildman–Crippen MR) is 51.0 cm³/mol. The molecule has 1 N–H and O–H groups in total. The summed E-state index contributed by atoms with van der Waals surface area (Å²) in [6.45, 7) is 6.04. The lowest BCUT2D eigenvalue weighted by Gasteiger charge is -2.44. The van der Waals surface area contributed by atoms with Gasteiger partial charge in [-0.2, -0.15) is 0 Å². The second kappa shape index (κ2) is 3.75. The molecule has 2 nitrogen and oxygen atoms in total. The van der Waals surface area contributed by atoms with Crippen LogP contribution in [0.4, 0.5) is 0 Å². The van der Waals surface area contributed by atoms with Crippen LogP contribution in [0.5, 0.6) is 0 Å². The number of nitrogens with zero attached hydrogens (tertiary/aromatic N) is 1. The van der Waals surface area contributed by atoms with Crippen molar-refractivity contribution in [3.8, 4) is 0 Å². The predicted octanol–water partition coefficient (Wildman–Crippen LogP) is 1.43. The van der Waals surface area contributed by atoms with Gasteiger partial charge in [-0.1, -0.05) is 19.8 Å². The minimum atomic E-state index is 0.907. The van der Waals surface area contributed by atoms with Gasteiger partial charge in [0.2, 0.25) is 0 Å². The standard InChI is InChI=1S/C10H20N2/c1-2-9-7-11-8-12-6-4-3-5-10(9)12/h9-11H,2-8H2,1H3. The fraction of sp³-hybridized carbons (Fsp3) is 1.00. The molecular weight excluding hydrogens is 148 g/mol. The molecule has 2 heterocycles. The fourth-order valence-corrected chi connectivity index (χ4v) is 2.69. The van der Waals surface area contributed by atoms with Crippen LogP contribution in [0.2, 0.25) is 0 Å². The second-order valence-electron chi connectivity index (χ2n) is 4.16. The summed E-state index contributed by atoms with van der Waals surface area (Å²) in [5, 5.41) is 3.51. The van der Waals surface area contributed by atoms with Crippen molar-refractivity contribution in [2.75, 3.05) is 19.8 Å². The molecule has 2 fully saturated rings. The number of hydrogen-bond donors (Lipinski definition) is 1. The van der Waals surface area contributed by atoms with Crippen molar-refractivity contribution in [3.63, 3.8) is 0 Å². The summed E-state index contributed by atoms with van der Waals surface area (Å²) < 4.78 is 0. The number of nitrogens with one attached hydrogen (secondary N) is 1. The Morgan fingerprint density at radius 1 is 1.42 bits per heavy atom. The molecule has 0 spiro atoms. The van der Waals surface area contributed by atoms with Crippen molar-refractivity contribution >= 4 is 0 Å². The SMILES string of the molecule is CCC1CNCN2CCCCC12. The van der Waals surface area contributed by atoms with Gasteiger partial charge in [-0.25, -0.2) is 0 Å². The number of piperidine rings is 1. The zero-order valence-electron chi connectivity index (χ0n) is 8.05. The van der Waals surface area contributed by atoms with Crippen molar-refractivity contribution in [3.05, 3.63) is 0 Å². The van der Waals surface area contributed by atoms with Gasteiger partial charge in [0, 0.05) is 19.3 Å². The van der Waals surface area contributed by atoms with Crippen LogP contribution in [0.15, 0.2) is 0 Å². The molecule has 2 aliphatic heterocycles. The van der Waals surface area contributed by atoms with E-state index in [4.69, 9.17) is 0 Å². The zero-order chi connectivity index (χ0) is 8.39. The van der Waals surface area contributed by atoms with Gasteiger partial charge in [-0.3, -0.25) is 4.90 Å². The molecule has 2 aliphatic rings. The lowest BCUT2D eigenvalue weighted by molar-refractivity contribution is 0.0537. The van der Waals surface area contributed by atoms with E-state index in [9.17, 15) is 0 Å². The van der Waals surface area contributed by atoms with Crippen molar-refractivity contribution < 1.29 is 0 Å².